The molecule has 0 radical (unpaired) electrons. The van der Waals surface area contributed by atoms with Gasteiger partial charge in [0.2, 0.25) is 0 Å². The number of nitrogens with one attached hydrogen (secondary N) is 1. The number of aryl methyl sites for hydroxylation is 1. The molecule has 4 nitrogen and oxygen atoms in total. The van der Waals surface area contributed by atoms with Crippen LogP contribution >= 0.6 is 11.3 Å². The smallest absolute Gasteiger partial charge is 0.349 e. The molecule has 0 spiro atoms. The van der Waals surface area contributed by atoms with E-state index in [1.165, 1.54) is 18.4 Å². The van der Waals surface area contributed by atoms with Crippen LogP contribution in [0, 0.1) is 6.92 Å². The lowest BCUT2D eigenvalue weighted by molar-refractivity contribution is 0.0605. The third-order valence-corrected chi connectivity index (χ3v) is 3.89. The molecule has 2 rings (SSSR count). The highest BCUT2D eigenvalue weighted by atomic mass is 32.1. The average molecular weight is 226 g/mol. The van der Waals surface area contributed by atoms with Gasteiger partial charge in [0.15, 0.2) is 0 Å². The van der Waals surface area contributed by atoms with Gasteiger partial charge in [-0.25, -0.2) is 9.78 Å². The maximum Gasteiger partial charge on any atom is 0.349 e. The molecule has 1 aromatic heterocycles. The zero-order valence-corrected chi connectivity index (χ0v) is 9.69. The number of rotatable bonds is 2. The van der Waals surface area contributed by atoms with Gasteiger partial charge in [-0.15, -0.1) is 11.3 Å². The maximum atomic E-state index is 11.4. The highest BCUT2D eigenvalue weighted by molar-refractivity contribution is 7.13. The number of aromatic nitrogens is 1. The Bertz CT molecular complexity index is 369. The normalized spacial score (nSPS) is 20.5. The first kappa shape index (κ1) is 10.6. The molecule has 1 fully saturated rings. The van der Waals surface area contributed by atoms with E-state index in [4.69, 9.17) is 4.74 Å². The number of ether oxygens (including phenoxy) is 1. The van der Waals surface area contributed by atoms with Crippen molar-refractivity contribution in [2.24, 2.45) is 0 Å². The van der Waals surface area contributed by atoms with Gasteiger partial charge in [0.1, 0.15) is 4.88 Å². The third kappa shape index (κ3) is 2.03. The van der Waals surface area contributed by atoms with E-state index in [-0.39, 0.29) is 5.97 Å². The van der Waals surface area contributed by atoms with Gasteiger partial charge in [-0.1, -0.05) is 0 Å². The second kappa shape index (κ2) is 4.28. The average Bonchev–Trinajstić information content (AvgIpc) is 2.84. The highest BCUT2D eigenvalue weighted by Crippen LogP contribution is 2.29. The van der Waals surface area contributed by atoms with Crippen LogP contribution in [0.3, 0.4) is 0 Å². The van der Waals surface area contributed by atoms with E-state index in [1.807, 2.05) is 6.92 Å². The van der Waals surface area contributed by atoms with Gasteiger partial charge in [-0.3, -0.25) is 0 Å². The van der Waals surface area contributed by atoms with Crippen LogP contribution in [0.5, 0.6) is 0 Å². The van der Waals surface area contributed by atoms with Crippen LogP contribution in [0.4, 0.5) is 0 Å². The molecule has 1 aromatic rings. The molecule has 2 heterocycles. The van der Waals surface area contributed by atoms with Crippen LogP contribution in [0.25, 0.3) is 0 Å². The summed E-state index contributed by atoms with van der Waals surface area (Å²) in [5.74, 6) is 0.189. The number of carbonyl (C=O) groups is 1. The minimum absolute atomic E-state index is 0.276. The summed E-state index contributed by atoms with van der Waals surface area (Å²) in [4.78, 5) is 16.5. The van der Waals surface area contributed by atoms with Gasteiger partial charge < -0.3 is 10.1 Å². The summed E-state index contributed by atoms with van der Waals surface area (Å²) in [5, 5.41) is 4.35. The van der Waals surface area contributed by atoms with E-state index >= 15 is 0 Å². The molecule has 0 unspecified atom stereocenters. The van der Waals surface area contributed by atoms with Crippen LogP contribution in [0.1, 0.15) is 32.7 Å². The van der Waals surface area contributed by atoms with E-state index < -0.39 is 0 Å². The van der Waals surface area contributed by atoms with Crippen molar-refractivity contribution >= 4 is 17.3 Å². The molecule has 1 aliphatic heterocycles. The number of carbonyl (C=O) groups excluding carboxylic acids is 1. The van der Waals surface area contributed by atoms with E-state index in [2.05, 4.69) is 10.3 Å². The van der Waals surface area contributed by atoms with Crippen LogP contribution in [0.2, 0.25) is 0 Å². The fourth-order valence-corrected chi connectivity index (χ4v) is 2.86. The Hall–Kier alpha value is -0.940. The fraction of sp³-hybridized carbons (Fsp3) is 0.600. The van der Waals surface area contributed by atoms with E-state index in [1.54, 1.807) is 0 Å². The molecule has 15 heavy (non-hydrogen) atoms. The second-order valence-corrected chi connectivity index (χ2v) is 4.68. The Morgan fingerprint density at radius 1 is 1.67 bits per heavy atom. The largest absolute Gasteiger partial charge is 0.465 e. The molecule has 0 aliphatic carbocycles. The van der Waals surface area contributed by atoms with E-state index in [0.29, 0.717) is 10.8 Å². The molecule has 0 saturated carbocycles. The summed E-state index contributed by atoms with van der Waals surface area (Å²) in [6.45, 7) is 3.86. The Morgan fingerprint density at radius 3 is 3.07 bits per heavy atom. The monoisotopic (exact) mass is 226 g/mol. The van der Waals surface area contributed by atoms with Crippen LogP contribution in [-0.4, -0.2) is 31.2 Å². The summed E-state index contributed by atoms with van der Waals surface area (Å²) in [6, 6.07) is 0. The minimum Gasteiger partial charge on any atom is -0.465 e. The van der Waals surface area contributed by atoms with Crippen molar-refractivity contribution in [2.75, 3.05) is 20.2 Å². The zero-order valence-electron chi connectivity index (χ0n) is 8.87. The van der Waals surface area contributed by atoms with Crippen LogP contribution in [0.15, 0.2) is 0 Å². The second-order valence-electron chi connectivity index (χ2n) is 3.65. The first-order chi connectivity index (χ1) is 7.22. The summed E-state index contributed by atoms with van der Waals surface area (Å²) in [5.41, 5.74) is 0.786. The summed E-state index contributed by atoms with van der Waals surface area (Å²) in [7, 11) is 1.40. The quantitative estimate of drug-likeness (QED) is 0.773. The summed E-state index contributed by atoms with van der Waals surface area (Å²) < 4.78 is 4.71. The lowest BCUT2D eigenvalue weighted by atomic mass is 10.1. The molecule has 0 amide bonds. The van der Waals surface area contributed by atoms with Crippen molar-refractivity contribution in [3.8, 4) is 0 Å². The SMILES string of the molecule is COC(=O)c1sc([C@@H]2CCNC2)nc1C. The Balaban J connectivity index is 2.23. The van der Waals surface area contributed by atoms with Gasteiger partial charge in [0, 0.05) is 12.5 Å². The molecule has 0 aromatic carbocycles. The van der Waals surface area contributed by atoms with Crippen molar-refractivity contribution in [1.29, 1.82) is 0 Å². The zero-order chi connectivity index (χ0) is 10.8. The van der Waals surface area contributed by atoms with Gasteiger partial charge in [0.25, 0.3) is 0 Å². The molecule has 5 heteroatoms. The first-order valence-electron chi connectivity index (χ1n) is 4.98. The number of nitrogens with zero attached hydrogens (tertiary/aromatic N) is 1. The minimum atomic E-state index is -0.276. The maximum absolute atomic E-state index is 11.4. The molecular weight excluding hydrogens is 212 g/mol. The molecular formula is C10H14N2O2S. The van der Waals surface area contributed by atoms with Gasteiger partial charge in [-0.2, -0.15) is 0 Å². The first-order valence-corrected chi connectivity index (χ1v) is 5.80. The standard InChI is InChI=1S/C10H14N2O2S/c1-6-8(10(13)14-2)15-9(12-6)7-3-4-11-5-7/h7,11H,3-5H2,1-2H3/t7-/m1/s1. The number of esters is 1. The number of thiazole rings is 1. The molecule has 82 valence electrons. The lowest BCUT2D eigenvalue weighted by Crippen LogP contribution is -2.07. The third-order valence-electron chi connectivity index (χ3n) is 2.59. The van der Waals surface area contributed by atoms with E-state index in [9.17, 15) is 4.79 Å². The summed E-state index contributed by atoms with van der Waals surface area (Å²) >= 11 is 1.46. The van der Waals surface area contributed by atoms with Crippen molar-refractivity contribution < 1.29 is 9.53 Å². The molecule has 0 bridgehead atoms. The lowest BCUT2D eigenvalue weighted by Gasteiger charge is -2.01. The Labute approximate surface area is 92.7 Å². The summed E-state index contributed by atoms with van der Waals surface area (Å²) in [6.07, 6.45) is 1.10. The Kier molecular flexibility index (Phi) is 3.02. The molecule has 1 atom stereocenters. The number of hydrogen-bond donors (Lipinski definition) is 1. The topological polar surface area (TPSA) is 51.2 Å². The fourth-order valence-electron chi connectivity index (χ4n) is 1.74. The Morgan fingerprint density at radius 2 is 2.47 bits per heavy atom. The molecule has 1 aliphatic rings. The molecule has 1 saturated heterocycles. The van der Waals surface area contributed by atoms with Crippen molar-refractivity contribution in [3.63, 3.8) is 0 Å². The van der Waals surface area contributed by atoms with Crippen molar-refractivity contribution in [2.45, 2.75) is 19.3 Å². The van der Waals surface area contributed by atoms with Crippen LogP contribution < -0.4 is 5.32 Å². The van der Waals surface area contributed by atoms with Gasteiger partial charge >= 0.3 is 5.97 Å². The van der Waals surface area contributed by atoms with Crippen molar-refractivity contribution in [3.05, 3.63) is 15.6 Å². The predicted molar refractivity (Wildman–Crippen MR) is 58.4 cm³/mol. The van der Waals surface area contributed by atoms with E-state index in [0.717, 1.165) is 30.2 Å². The van der Waals surface area contributed by atoms with Crippen LogP contribution in [-0.2, 0) is 4.74 Å². The highest BCUT2D eigenvalue weighted by Gasteiger charge is 2.23. The predicted octanol–water partition coefficient (Wildman–Crippen LogP) is 1.32. The molecule has 1 N–H and O–H groups in total. The van der Waals surface area contributed by atoms with Crippen molar-refractivity contribution in [1.82, 2.24) is 10.3 Å². The number of methoxy groups -OCH3 is 1. The number of hydrogen-bond acceptors (Lipinski definition) is 5. The van der Waals surface area contributed by atoms with Gasteiger partial charge in [0.05, 0.1) is 17.8 Å². The van der Waals surface area contributed by atoms with Gasteiger partial charge in [-0.05, 0) is 19.9 Å².